The number of hydrogen-bond donors (Lipinski definition) is 7. The molecule has 0 aromatic heterocycles. The second kappa shape index (κ2) is 13.8. The molecule has 0 amide bonds. The van der Waals surface area contributed by atoms with Gasteiger partial charge in [-0.1, -0.05) is 46.6 Å². The van der Waals surface area contributed by atoms with E-state index in [1.807, 2.05) is 33.8 Å². The molecule has 272 valence electrons. The molecule has 0 spiro atoms. The lowest BCUT2D eigenvalue weighted by Crippen LogP contribution is -2.66. The first kappa shape index (κ1) is 37.5. The Morgan fingerprint density at radius 3 is 2.38 bits per heavy atom. The molecule has 47 heavy (non-hydrogen) atoms. The summed E-state index contributed by atoms with van der Waals surface area (Å²) in [6.07, 6.45) is -2.29. The van der Waals surface area contributed by atoms with E-state index in [1.54, 1.807) is 0 Å². The fraction of sp³-hybridized carbons (Fsp3) is 0.939. The molecule has 3 saturated carbocycles. The molecule has 0 radical (unpaired) electrons. The van der Waals surface area contributed by atoms with Crippen LogP contribution >= 0.6 is 0 Å². The van der Waals surface area contributed by atoms with Gasteiger partial charge < -0.3 is 44.8 Å². The van der Waals surface area contributed by atoms with Gasteiger partial charge in [-0.3, -0.25) is 4.55 Å². The lowest BCUT2D eigenvalue weighted by atomic mass is 9.43. The Bertz CT molecular complexity index is 1250. The maximum Gasteiger partial charge on any atom is 0.397 e. The van der Waals surface area contributed by atoms with Crippen LogP contribution in [0.4, 0.5) is 0 Å². The number of aliphatic hydroxyl groups is 6. The zero-order chi connectivity index (χ0) is 34.7. The fourth-order valence-corrected chi connectivity index (χ4v) is 11.2. The van der Waals surface area contributed by atoms with Crippen LogP contribution in [0.15, 0.2) is 11.6 Å². The molecule has 5 aliphatic rings. The van der Waals surface area contributed by atoms with Crippen molar-refractivity contribution in [2.75, 3.05) is 20.3 Å². The molecule has 13 nitrogen and oxygen atoms in total. The third-order valence-electron chi connectivity index (χ3n) is 12.8. The highest BCUT2D eigenvalue weighted by atomic mass is 32.3. The second-order valence-corrected chi connectivity index (χ2v) is 16.7. The molecule has 4 aliphatic carbocycles. The van der Waals surface area contributed by atoms with E-state index in [1.165, 1.54) is 7.11 Å². The number of methoxy groups -OCH3 is 1. The van der Waals surface area contributed by atoms with Crippen LogP contribution in [0.1, 0.15) is 79.1 Å². The van der Waals surface area contributed by atoms with E-state index in [4.69, 9.17) is 18.4 Å². The third-order valence-corrected chi connectivity index (χ3v) is 13.2. The van der Waals surface area contributed by atoms with Gasteiger partial charge in [0.25, 0.3) is 0 Å². The van der Waals surface area contributed by atoms with Crippen LogP contribution in [0.5, 0.6) is 0 Å². The van der Waals surface area contributed by atoms with Gasteiger partial charge >= 0.3 is 10.4 Å². The predicted molar refractivity (Wildman–Crippen MR) is 168 cm³/mol. The first-order valence-corrected chi connectivity index (χ1v) is 18.5. The quantitative estimate of drug-likeness (QED) is 0.120. The topological polar surface area (TPSA) is 213 Å². The smallest absolute Gasteiger partial charge is 0.396 e. The molecule has 5 rings (SSSR count). The summed E-state index contributed by atoms with van der Waals surface area (Å²) in [7, 11) is -3.60. The first-order valence-electron chi connectivity index (χ1n) is 17.1. The van der Waals surface area contributed by atoms with Crippen molar-refractivity contribution >= 4 is 10.4 Å². The summed E-state index contributed by atoms with van der Waals surface area (Å²) in [6.45, 7) is 7.90. The summed E-state index contributed by atoms with van der Waals surface area (Å²) in [5.41, 5.74) is -2.39. The molecular formula is C33H56O13S. The minimum absolute atomic E-state index is 0.0803. The third kappa shape index (κ3) is 6.72. The summed E-state index contributed by atoms with van der Waals surface area (Å²) in [5, 5.41) is 66.1. The Morgan fingerprint density at radius 1 is 1.04 bits per heavy atom. The Labute approximate surface area is 278 Å². The average molecular weight is 693 g/mol. The highest BCUT2D eigenvalue weighted by molar-refractivity contribution is 7.80. The van der Waals surface area contributed by atoms with Crippen molar-refractivity contribution in [3.63, 3.8) is 0 Å². The molecular weight excluding hydrogens is 636 g/mol. The van der Waals surface area contributed by atoms with E-state index in [2.05, 4.69) is 0 Å². The minimum atomic E-state index is -5.00. The van der Waals surface area contributed by atoms with Crippen molar-refractivity contribution in [3.8, 4) is 0 Å². The average Bonchev–Trinajstić information content (AvgIpc) is 3.20. The summed E-state index contributed by atoms with van der Waals surface area (Å²) in [6, 6.07) is 0. The summed E-state index contributed by atoms with van der Waals surface area (Å²) < 4.78 is 56.6. The van der Waals surface area contributed by atoms with Crippen LogP contribution in [0.25, 0.3) is 0 Å². The predicted octanol–water partition coefficient (Wildman–Crippen LogP) is 1.33. The molecule has 0 aromatic carbocycles. The Hall–Kier alpha value is -0.750. The number of rotatable bonds is 11. The van der Waals surface area contributed by atoms with Crippen LogP contribution in [-0.2, 0) is 28.8 Å². The second-order valence-electron chi connectivity index (χ2n) is 15.7. The highest BCUT2D eigenvalue weighted by Gasteiger charge is 2.73. The van der Waals surface area contributed by atoms with Crippen LogP contribution in [0.2, 0.25) is 0 Å². The number of fused-ring (bicyclic) bond motifs is 5. The van der Waals surface area contributed by atoms with Gasteiger partial charge in [0.05, 0.1) is 30.5 Å². The largest absolute Gasteiger partial charge is 0.397 e. The van der Waals surface area contributed by atoms with E-state index in [0.717, 1.165) is 12.8 Å². The monoisotopic (exact) mass is 692 g/mol. The fourth-order valence-electron chi connectivity index (χ4n) is 10.7. The van der Waals surface area contributed by atoms with E-state index in [0.29, 0.717) is 37.7 Å². The van der Waals surface area contributed by atoms with Crippen molar-refractivity contribution in [1.29, 1.82) is 0 Å². The molecule has 16 unspecified atom stereocenters. The molecule has 0 aromatic rings. The molecule has 1 heterocycles. The standard InChI is InChI=1S/C33H56O13S/c1-17(15-34)7-6-8-18(2)24-26(38)27(46-47(40,41)42)29-32(24,4)12-10-23-31(3)11-9-19(13-20(31)21(35)14-33(23,29)39)45-30-28(43-5)25(37)22(36)16-44-30/h13,17-19,21-30,34-39H,6-12,14-16H2,1-5H3,(H,40,41,42). The van der Waals surface area contributed by atoms with E-state index < -0.39 is 93.6 Å². The van der Waals surface area contributed by atoms with Gasteiger partial charge in [0.2, 0.25) is 0 Å². The maximum atomic E-state index is 12.8. The Morgan fingerprint density at radius 2 is 1.74 bits per heavy atom. The molecule has 1 aliphatic heterocycles. The number of aliphatic hydroxyl groups excluding tert-OH is 5. The summed E-state index contributed by atoms with van der Waals surface area (Å²) in [4.78, 5) is 0. The van der Waals surface area contributed by atoms with Crippen molar-refractivity contribution < 1.29 is 62.0 Å². The minimum Gasteiger partial charge on any atom is -0.396 e. The number of hydrogen-bond acceptors (Lipinski definition) is 12. The van der Waals surface area contributed by atoms with Crippen molar-refractivity contribution in [3.05, 3.63) is 11.6 Å². The lowest BCUT2D eigenvalue weighted by molar-refractivity contribution is -0.285. The molecule has 7 N–H and O–H groups in total. The lowest BCUT2D eigenvalue weighted by Gasteiger charge is -2.64. The molecule has 4 fully saturated rings. The molecule has 0 bridgehead atoms. The summed E-state index contributed by atoms with van der Waals surface area (Å²) >= 11 is 0. The van der Waals surface area contributed by atoms with E-state index in [9.17, 15) is 43.6 Å². The van der Waals surface area contributed by atoms with Crippen LogP contribution in [0, 0.1) is 40.4 Å². The molecule has 14 heteroatoms. The van der Waals surface area contributed by atoms with Crippen molar-refractivity contribution in [2.45, 2.75) is 134 Å². The highest BCUT2D eigenvalue weighted by Crippen LogP contribution is 2.70. The van der Waals surface area contributed by atoms with Gasteiger partial charge in [-0.15, -0.1) is 0 Å². The van der Waals surface area contributed by atoms with Gasteiger partial charge in [0.1, 0.15) is 24.4 Å². The van der Waals surface area contributed by atoms with Crippen molar-refractivity contribution in [2.24, 2.45) is 40.4 Å². The molecule has 1 saturated heterocycles. The van der Waals surface area contributed by atoms with Crippen LogP contribution < -0.4 is 0 Å². The first-order chi connectivity index (χ1) is 21.9. The zero-order valence-electron chi connectivity index (χ0n) is 28.1. The van der Waals surface area contributed by atoms with Crippen LogP contribution in [0.3, 0.4) is 0 Å². The SMILES string of the molecule is COC1C(OC2C=C3C(O)CC4(O)C(CCC5(C)C(C(C)CCCC(C)CO)C(O)C(OS(=O)(=O)O)C54)C3(C)CC2)OCC(O)C1O. The van der Waals surface area contributed by atoms with E-state index >= 15 is 0 Å². The van der Waals surface area contributed by atoms with Gasteiger partial charge in [0.15, 0.2) is 6.29 Å². The Kier molecular flexibility index (Phi) is 11.0. The normalized spacial score (nSPS) is 48.2. The van der Waals surface area contributed by atoms with Gasteiger partial charge in [0, 0.05) is 26.1 Å². The van der Waals surface area contributed by atoms with Gasteiger partial charge in [-0.05, 0) is 72.2 Å². The summed E-state index contributed by atoms with van der Waals surface area (Å²) in [5.74, 6) is -1.71. The van der Waals surface area contributed by atoms with Crippen molar-refractivity contribution in [1.82, 2.24) is 0 Å². The van der Waals surface area contributed by atoms with Crippen LogP contribution in [-0.4, -0.2) is 119 Å². The number of ether oxygens (including phenoxy) is 3. The molecule has 16 atom stereocenters. The van der Waals surface area contributed by atoms with Gasteiger partial charge in [-0.25, -0.2) is 4.18 Å². The van der Waals surface area contributed by atoms with E-state index in [-0.39, 0.29) is 31.5 Å². The zero-order valence-corrected chi connectivity index (χ0v) is 29.0. The Balaban J connectivity index is 1.44. The maximum absolute atomic E-state index is 12.8. The van der Waals surface area contributed by atoms with Gasteiger partial charge in [-0.2, -0.15) is 8.42 Å².